The van der Waals surface area contributed by atoms with Crippen LogP contribution >= 0.6 is 0 Å². The quantitative estimate of drug-likeness (QED) is 0.654. The molecule has 1 aliphatic rings. The van der Waals surface area contributed by atoms with Gasteiger partial charge in [0.25, 0.3) is 0 Å². The highest BCUT2D eigenvalue weighted by atomic mass is 16.5. The first-order valence-electron chi connectivity index (χ1n) is 4.53. The second-order valence-electron chi connectivity index (χ2n) is 3.41. The van der Waals surface area contributed by atoms with Crippen molar-refractivity contribution in [3.63, 3.8) is 0 Å². The van der Waals surface area contributed by atoms with Crippen molar-refractivity contribution in [2.75, 3.05) is 20.3 Å². The van der Waals surface area contributed by atoms with E-state index in [4.69, 9.17) is 4.74 Å². The van der Waals surface area contributed by atoms with Crippen molar-refractivity contribution in [3.05, 3.63) is 0 Å². The zero-order valence-corrected chi connectivity index (χ0v) is 7.91. The Balaban J connectivity index is 2.28. The average molecular weight is 188 g/mol. The molecule has 0 spiro atoms. The third-order valence-electron chi connectivity index (χ3n) is 2.45. The maximum atomic E-state index is 10.8. The molecule has 0 aromatic heterocycles. The van der Waals surface area contributed by atoms with E-state index < -0.39 is 5.60 Å². The molecule has 1 N–H and O–H groups in total. The van der Waals surface area contributed by atoms with Crippen LogP contribution in [0.25, 0.3) is 0 Å². The lowest BCUT2D eigenvalue weighted by Crippen LogP contribution is -2.36. The minimum absolute atomic E-state index is 0.264. The number of hydrogen-bond donors (Lipinski definition) is 1. The highest BCUT2D eigenvalue weighted by molar-refractivity contribution is 5.69. The van der Waals surface area contributed by atoms with E-state index in [0.29, 0.717) is 32.5 Å². The van der Waals surface area contributed by atoms with Gasteiger partial charge in [0.2, 0.25) is 0 Å². The van der Waals surface area contributed by atoms with Crippen LogP contribution in [0.1, 0.15) is 25.7 Å². The van der Waals surface area contributed by atoms with Crippen LogP contribution in [0.4, 0.5) is 0 Å². The molecule has 0 unspecified atom stereocenters. The average Bonchev–Trinajstić information content (AvgIpc) is 2.15. The summed E-state index contributed by atoms with van der Waals surface area (Å²) in [6.07, 6.45) is 1.99. The molecular formula is C9H16O4. The van der Waals surface area contributed by atoms with Crippen LogP contribution in [0.2, 0.25) is 0 Å². The van der Waals surface area contributed by atoms with E-state index in [1.54, 1.807) is 0 Å². The number of carbonyl (C=O) groups is 1. The van der Waals surface area contributed by atoms with Gasteiger partial charge in [0.1, 0.15) is 0 Å². The monoisotopic (exact) mass is 188 g/mol. The van der Waals surface area contributed by atoms with Crippen molar-refractivity contribution in [1.82, 2.24) is 0 Å². The van der Waals surface area contributed by atoms with Gasteiger partial charge in [0, 0.05) is 19.6 Å². The number of rotatable bonds is 3. The van der Waals surface area contributed by atoms with Crippen LogP contribution in [-0.4, -0.2) is 37.0 Å². The molecule has 1 fully saturated rings. The van der Waals surface area contributed by atoms with Crippen LogP contribution in [0.5, 0.6) is 0 Å². The Labute approximate surface area is 77.8 Å². The van der Waals surface area contributed by atoms with Gasteiger partial charge in [0.05, 0.1) is 12.7 Å². The largest absolute Gasteiger partial charge is 0.469 e. The van der Waals surface area contributed by atoms with E-state index in [0.717, 1.165) is 0 Å². The fraction of sp³-hybridized carbons (Fsp3) is 0.889. The predicted molar refractivity (Wildman–Crippen MR) is 46.3 cm³/mol. The maximum Gasteiger partial charge on any atom is 0.305 e. The first-order valence-corrected chi connectivity index (χ1v) is 4.53. The fourth-order valence-electron chi connectivity index (χ4n) is 1.44. The van der Waals surface area contributed by atoms with E-state index in [1.807, 2.05) is 0 Å². The molecule has 0 bridgehead atoms. The Morgan fingerprint density at radius 1 is 1.54 bits per heavy atom. The van der Waals surface area contributed by atoms with Crippen molar-refractivity contribution in [2.24, 2.45) is 0 Å². The third-order valence-corrected chi connectivity index (χ3v) is 2.45. The number of methoxy groups -OCH3 is 1. The normalized spacial score (nSPS) is 21.1. The number of hydrogen-bond acceptors (Lipinski definition) is 4. The molecule has 0 aliphatic carbocycles. The van der Waals surface area contributed by atoms with Crippen molar-refractivity contribution < 1.29 is 19.4 Å². The van der Waals surface area contributed by atoms with Crippen molar-refractivity contribution >= 4 is 5.97 Å². The minimum Gasteiger partial charge on any atom is -0.469 e. The maximum absolute atomic E-state index is 10.8. The molecule has 1 rings (SSSR count). The summed E-state index contributed by atoms with van der Waals surface area (Å²) in [6.45, 7) is 1.16. The molecule has 1 aliphatic heterocycles. The van der Waals surface area contributed by atoms with Crippen molar-refractivity contribution in [3.8, 4) is 0 Å². The summed E-state index contributed by atoms with van der Waals surface area (Å²) in [6, 6.07) is 0. The van der Waals surface area contributed by atoms with E-state index in [9.17, 15) is 9.90 Å². The van der Waals surface area contributed by atoms with E-state index in [1.165, 1.54) is 7.11 Å². The van der Waals surface area contributed by atoms with Crippen LogP contribution in [0.15, 0.2) is 0 Å². The van der Waals surface area contributed by atoms with Gasteiger partial charge in [-0.3, -0.25) is 4.79 Å². The number of aliphatic hydroxyl groups is 1. The lowest BCUT2D eigenvalue weighted by Gasteiger charge is -2.31. The molecule has 0 amide bonds. The summed E-state index contributed by atoms with van der Waals surface area (Å²) < 4.78 is 9.63. The summed E-state index contributed by atoms with van der Waals surface area (Å²) in [7, 11) is 1.36. The summed E-state index contributed by atoms with van der Waals surface area (Å²) >= 11 is 0. The Hall–Kier alpha value is -0.610. The zero-order chi connectivity index (χ0) is 9.73. The minimum atomic E-state index is -0.716. The standard InChI is InChI=1S/C9H16O4/c1-12-8(10)2-3-9(11)4-6-13-7-5-9/h11H,2-7H2,1H3. The van der Waals surface area contributed by atoms with Gasteiger partial charge < -0.3 is 14.6 Å². The SMILES string of the molecule is COC(=O)CCC1(O)CCOCC1. The van der Waals surface area contributed by atoms with E-state index in [-0.39, 0.29) is 12.4 Å². The van der Waals surface area contributed by atoms with Gasteiger partial charge in [-0.2, -0.15) is 0 Å². The van der Waals surface area contributed by atoms with Gasteiger partial charge in [-0.1, -0.05) is 0 Å². The van der Waals surface area contributed by atoms with Gasteiger partial charge in [-0.15, -0.1) is 0 Å². The Bertz CT molecular complexity index is 172. The molecule has 0 atom stereocenters. The second kappa shape index (κ2) is 4.58. The highest BCUT2D eigenvalue weighted by Gasteiger charge is 2.30. The molecule has 4 nitrogen and oxygen atoms in total. The van der Waals surface area contributed by atoms with Crippen molar-refractivity contribution in [2.45, 2.75) is 31.3 Å². The first kappa shape index (κ1) is 10.5. The smallest absolute Gasteiger partial charge is 0.305 e. The van der Waals surface area contributed by atoms with E-state index in [2.05, 4.69) is 4.74 Å². The summed E-state index contributed by atoms with van der Waals surface area (Å²) in [5.74, 6) is -0.264. The first-order chi connectivity index (χ1) is 6.16. The van der Waals surface area contributed by atoms with Crippen LogP contribution in [0, 0.1) is 0 Å². The molecule has 76 valence electrons. The lowest BCUT2D eigenvalue weighted by atomic mass is 9.89. The summed E-state index contributed by atoms with van der Waals surface area (Å²) in [5.41, 5.74) is -0.716. The second-order valence-corrected chi connectivity index (χ2v) is 3.41. The van der Waals surface area contributed by atoms with Crippen molar-refractivity contribution in [1.29, 1.82) is 0 Å². The highest BCUT2D eigenvalue weighted by Crippen LogP contribution is 2.25. The number of esters is 1. The Morgan fingerprint density at radius 3 is 2.69 bits per heavy atom. The number of ether oxygens (including phenoxy) is 2. The molecule has 1 heterocycles. The number of carbonyl (C=O) groups excluding carboxylic acids is 1. The van der Waals surface area contributed by atoms with Gasteiger partial charge in [-0.25, -0.2) is 0 Å². The molecule has 0 aromatic rings. The van der Waals surface area contributed by atoms with Crippen LogP contribution in [-0.2, 0) is 14.3 Å². The van der Waals surface area contributed by atoms with Gasteiger partial charge in [-0.05, 0) is 19.3 Å². The molecular weight excluding hydrogens is 172 g/mol. The molecule has 0 saturated carbocycles. The van der Waals surface area contributed by atoms with Crippen LogP contribution in [0.3, 0.4) is 0 Å². The zero-order valence-electron chi connectivity index (χ0n) is 7.91. The third kappa shape index (κ3) is 3.32. The summed E-state index contributed by atoms with van der Waals surface area (Å²) in [4.78, 5) is 10.8. The Morgan fingerprint density at radius 2 is 2.15 bits per heavy atom. The van der Waals surface area contributed by atoms with E-state index >= 15 is 0 Å². The van der Waals surface area contributed by atoms with Crippen LogP contribution < -0.4 is 0 Å². The lowest BCUT2D eigenvalue weighted by molar-refractivity contribution is -0.143. The summed E-state index contributed by atoms with van der Waals surface area (Å²) in [5, 5.41) is 9.93. The molecule has 0 radical (unpaired) electrons. The van der Waals surface area contributed by atoms with Gasteiger partial charge >= 0.3 is 5.97 Å². The molecule has 0 aromatic carbocycles. The molecule has 1 saturated heterocycles. The molecule has 4 heteroatoms. The predicted octanol–water partition coefficient (Wildman–Crippen LogP) is 0.481. The molecule has 13 heavy (non-hydrogen) atoms. The van der Waals surface area contributed by atoms with Gasteiger partial charge in [0.15, 0.2) is 0 Å². The Kier molecular flexibility index (Phi) is 3.69. The fourth-order valence-corrected chi connectivity index (χ4v) is 1.44. The topological polar surface area (TPSA) is 55.8 Å².